The van der Waals surface area contributed by atoms with Gasteiger partial charge >= 0.3 is 11.9 Å². The Bertz CT molecular complexity index is 1150. The Morgan fingerprint density at radius 1 is 1.35 bits per heavy atom. The molecular formula is C20H25ClN6O8S2. The monoisotopic (exact) mass is 576 g/mol. The first kappa shape index (κ1) is 29.9. The van der Waals surface area contributed by atoms with Crippen LogP contribution in [0.15, 0.2) is 27.0 Å². The van der Waals surface area contributed by atoms with Gasteiger partial charge in [0.2, 0.25) is 6.79 Å². The average Bonchev–Trinajstić information content (AvgIpc) is 3.25. The Morgan fingerprint density at radius 3 is 2.62 bits per heavy atom. The van der Waals surface area contributed by atoms with E-state index in [9.17, 15) is 24.4 Å². The highest BCUT2D eigenvalue weighted by atomic mass is 35.5. The van der Waals surface area contributed by atoms with E-state index in [1.807, 2.05) is 0 Å². The molecule has 14 nitrogen and oxygen atoms in total. The molecule has 1 aromatic rings. The van der Waals surface area contributed by atoms with Crippen LogP contribution >= 0.6 is 35.5 Å². The fourth-order valence-corrected chi connectivity index (χ4v) is 5.02. The molecule has 1 saturated heterocycles. The Labute approximate surface area is 225 Å². The molecule has 37 heavy (non-hydrogen) atoms. The molecule has 17 heteroatoms. The normalized spacial score (nSPS) is 19.2. The van der Waals surface area contributed by atoms with E-state index < -0.39 is 53.1 Å². The molecule has 0 saturated carbocycles. The van der Waals surface area contributed by atoms with Crippen molar-refractivity contribution in [2.24, 2.45) is 15.7 Å². The molecule has 0 aromatic carbocycles. The molecule has 3 heterocycles. The van der Waals surface area contributed by atoms with Crippen molar-refractivity contribution in [3.05, 3.63) is 22.3 Å². The number of oxime groups is 2. The highest BCUT2D eigenvalue weighted by Gasteiger charge is 2.55. The number of fused-ring (bicyclic) bond motifs is 1. The number of carbonyl (C=O) groups is 4. The maximum absolute atomic E-state index is 13.0. The second-order valence-electron chi connectivity index (χ2n) is 8.47. The van der Waals surface area contributed by atoms with Gasteiger partial charge in [-0.05, 0) is 20.8 Å². The number of esters is 2. The number of rotatable bonds is 9. The van der Waals surface area contributed by atoms with Crippen LogP contribution in [0.1, 0.15) is 26.5 Å². The van der Waals surface area contributed by atoms with Gasteiger partial charge in [-0.25, -0.2) is 9.78 Å². The van der Waals surface area contributed by atoms with Crippen LogP contribution in [-0.4, -0.2) is 81.8 Å². The average molecular weight is 577 g/mol. The van der Waals surface area contributed by atoms with E-state index in [0.717, 1.165) is 16.2 Å². The van der Waals surface area contributed by atoms with Crippen molar-refractivity contribution in [2.75, 3.05) is 24.9 Å². The minimum atomic E-state index is -1.03. The predicted molar refractivity (Wildman–Crippen MR) is 136 cm³/mol. The number of nitrogens with two attached hydrogens (primary N) is 1. The molecule has 1 fully saturated rings. The van der Waals surface area contributed by atoms with Crippen LogP contribution in [0.25, 0.3) is 0 Å². The van der Waals surface area contributed by atoms with Crippen LogP contribution in [0, 0.1) is 5.41 Å². The second-order valence-corrected chi connectivity index (χ2v) is 10.5. The van der Waals surface area contributed by atoms with E-state index in [1.165, 1.54) is 17.1 Å². The summed E-state index contributed by atoms with van der Waals surface area (Å²) in [6.07, 6.45) is 0. The molecule has 2 aliphatic heterocycles. The van der Waals surface area contributed by atoms with E-state index in [-0.39, 0.29) is 41.3 Å². The number of thioether (sulfide) groups is 1. The number of amides is 2. The summed E-state index contributed by atoms with van der Waals surface area (Å²) in [5.74, 6) is -2.72. The smallest absolute Gasteiger partial charge is 0.358 e. The summed E-state index contributed by atoms with van der Waals surface area (Å²) < 4.78 is 10.1. The van der Waals surface area contributed by atoms with Crippen LogP contribution in [0.4, 0.5) is 5.13 Å². The lowest BCUT2D eigenvalue weighted by atomic mass is 9.98. The van der Waals surface area contributed by atoms with E-state index in [2.05, 4.69) is 27.3 Å². The first-order valence-electron chi connectivity index (χ1n) is 10.3. The number of ether oxygens (including phenoxy) is 2. The van der Waals surface area contributed by atoms with Crippen molar-refractivity contribution >= 4 is 76.8 Å². The van der Waals surface area contributed by atoms with Crippen LogP contribution < -0.4 is 11.1 Å². The van der Waals surface area contributed by atoms with Gasteiger partial charge in [-0.3, -0.25) is 19.3 Å². The van der Waals surface area contributed by atoms with Crippen LogP contribution in [-0.2, 0) is 33.5 Å². The summed E-state index contributed by atoms with van der Waals surface area (Å²) >= 11 is 2.30. The van der Waals surface area contributed by atoms with Crippen molar-refractivity contribution < 1.29 is 38.7 Å². The number of β-lactam (4-membered cyclic amide) rings is 1. The van der Waals surface area contributed by atoms with Crippen molar-refractivity contribution in [3.63, 3.8) is 0 Å². The van der Waals surface area contributed by atoms with Crippen molar-refractivity contribution in [1.82, 2.24) is 15.2 Å². The van der Waals surface area contributed by atoms with Crippen molar-refractivity contribution in [3.8, 4) is 0 Å². The topological polar surface area (TPSA) is 195 Å². The minimum absolute atomic E-state index is 0. The van der Waals surface area contributed by atoms with Gasteiger partial charge in [0, 0.05) is 23.4 Å². The second kappa shape index (κ2) is 12.2. The summed E-state index contributed by atoms with van der Waals surface area (Å²) in [6, 6.07) is -1.03. The van der Waals surface area contributed by atoms with Gasteiger partial charge in [-0.2, -0.15) is 0 Å². The molecule has 1 unspecified atom stereocenters. The lowest BCUT2D eigenvalue weighted by molar-refractivity contribution is -0.173. The zero-order valence-electron chi connectivity index (χ0n) is 20.0. The molecule has 202 valence electrons. The summed E-state index contributed by atoms with van der Waals surface area (Å²) in [7, 11) is 0. The Kier molecular flexibility index (Phi) is 9.88. The van der Waals surface area contributed by atoms with Crippen LogP contribution in [0.5, 0.6) is 0 Å². The fraction of sp³-hybridized carbons (Fsp3) is 0.450. The number of thiazole rings is 1. The van der Waals surface area contributed by atoms with Crippen molar-refractivity contribution in [2.45, 2.75) is 32.2 Å². The third-order valence-corrected chi connectivity index (χ3v) is 6.94. The lowest BCUT2D eigenvalue weighted by Crippen LogP contribution is -2.71. The molecule has 0 aliphatic carbocycles. The van der Waals surface area contributed by atoms with Crippen LogP contribution in [0.2, 0.25) is 0 Å². The van der Waals surface area contributed by atoms with E-state index in [0.29, 0.717) is 5.57 Å². The Hall–Kier alpha value is -3.37. The van der Waals surface area contributed by atoms with Gasteiger partial charge in [0.05, 0.1) is 5.41 Å². The van der Waals surface area contributed by atoms with Crippen LogP contribution in [0.3, 0.4) is 0 Å². The van der Waals surface area contributed by atoms with E-state index >= 15 is 0 Å². The highest BCUT2D eigenvalue weighted by Crippen LogP contribution is 2.40. The molecule has 1 aromatic heterocycles. The Balaban J connectivity index is 0.00000481. The van der Waals surface area contributed by atoms with Gasteiger partial charge in [0.25, 0.3) is 11.8 Å². The molecule has 2 amide bonds. The third kappa shape index (κ3) is 6.50. The number of halogens is 1. The number of anilines is 1. The number of nitrogen functional groups attached to an aromatic ring is 1. The zero-order chi connectivity index (χ0) is 26.6. The molecule has 0 bridgehead atoms. The SMILES string of the molecule is C=NOCC1=C(C(=O)OCOC(=O)C(C)(C)C)N2C(=O)C(NC(=O)C(=NO)c3csc(N)n3)[C@H]2SC1.Cl. The summed E-state index contributed by atoms with van der Waals surface area (Å²) in [5, 5.41) is 19.0. The predicted octanol–water partition coefficient (Wildman–Crippen LogP) is 0.702. The summed E-state index contributed by atoms with van der Waals surface area (Å²) in [4.78, 5) is 60.5. The molecule has 2 atom stereocenters. The summed E-state index contributed by atoms with van der Waals surface area (Å²) in [6.45, 7) is 7.36. The minimum Gasteiger partial charge on any atom is -0.427 e. The number of hydrogen-bond donors (Lipinski definition) is 3. The number of carbonyl (C=O) groups excluding carboxylic acids is 4. The lowest BCUT2D eigenvalue weighted by Gasteiger charge is -2.49. The van der Waals surface area contributed by atoms with E-state index in [4.69, 9.17) is 20.0 Å². The van der Waals surface area contributed by atoms with Gasteiger partial charge in [0.15, 0.2) is 10.8 Å². The molecule has 2 aliphatic rings. The third-order valence-electron chi connectivity index (χ3n) is 4.93. The molecule has 0 spiro atoms. The van der Waals surface area contributed by atoms with Crippen molar-refractivity contribution in [1.29, 1.82) is 0 Å². The van der Waals surface area contributed by atoms with Gasteiger partial charge in [-0.1, -0.05) is 5.16 Å². The maximum atomic E-state index is 13.0. The number of nitrogens with zero attached hydrogens (tertiary/aromatic N) is 4. The zero-order valence-corrected chi connectivity index (χ0v) is 22.4. The molecule has 0 radical (unpaired) electrons. The van der Waals surface area contributed by atoms with Gasteiger partial charge in [0.1, 0.15) is 29.4 Å². The first-order valence-corrected chi connectivity index (χ1v) is 12.3. The van der Waals surface area contributed by atoms with Gasteiger partial charge in [-0.15, -0.1) is 40.7 Å². The highest BCUT2D eigenvalue weighted by molar-refractivity contribution is 8.00. The van der Waals surface area contributed by atoms with E-state index in [1.54, 1.807) is 20.8 Å². The fourth-order valence-electron chi connectivity index (χ4n) is 3.15. The molecular weight excluding hydrogens is 552 g/mol. The number of hydrogen-bond acceptors (Lipinski definition) is 14. The first-order chi connectivity index (χ1) is 17.0. The summed E-state index contributed by atoms with van der Waals surface area (Å²) in [5.41, 5.74) is 4.68. The number of nitrogens with one attached hydrogen (secondary N) is 1. The number of aromatic nitrogens is 1. The van der Waals surface area contributed by atoms with Gasteiger partial charge < -0.3 is 30.6 Å². The maximum Gasteiger partial charge on any atom is 0.358 e. The standard InChI is InChI=1S/C20H24N6O8S2.ClH/c1-20(2,3)18(30)33-8-32-17(29)13-9(5-34-22-4)6-35-16-12(15(28)26(13)16)24-14(27)11(25-31)10-7-36-19(21)23-10;/h7,12,16,31H,4-6,8H2,1-3H3,(H2,21,23)(H,24,27);1H/t12?,16-;/m1./s1. The quantitative estimate of drug-likeness (QED) is 0.0934. The Morgan fingerprint density at radius 2 is 2.05 bits per heavy atom. The molecule has 3 rings (SSSR count). The largest absolute Gasteiger partial charge is 0.427 e. The molecule has 4 N–H and O–H groups in total.